The second-order valence-electron chi connectivity index (χ2n) is 7.32. The van der Waals surface area contributed by atoms with Crippen molar-refractivity contribution in [2.45, 2.75) is 13.5 Å². The number of anilines is 1. The molecule has 0 aliphatic carbocycles. The van der Waals surface area contributed by atoms with Gasteiger partial charge in [0, 0.05) is 18.2 Å². The predicted octanol–water partition coefficient (Wildman–Crippen LogP) is 4.73. The number of hydrogen-bond donors (Lipinski definition) is 1. The third-order valence-electron chi connectivity index (χ3n) is 5.03. The van der Waals surface area contributed by atoms with E-state index in [0.29, 0.717) is 39.5 Å². The Bertz CT molecular complexity index is 1380. The van der Waals surface area contributed by atoms with Gasteiger partial charge in [-0.15, -0.1) is 0 Å². The lowest BCUT2D eigenvalue weighted by molar-refractivity contribution is -0.114. The summed E-state index contributed by atoms with van der Waals surface area (Å²) in [5, 5.41) is 2.99. The van der Waals surface area contributed by atoms with Crippen LogP contribution in [0.2, 0.25) is 0 Å². The van der Waals surface area contributed by atoms with Gasteiger partial charge in [0.05, 0.1) is 5.39 Å². The minimum absolute atomic E-state index is 0.0835. The molecule has 1 aromatic heterocycles. The molecule has 4 aromatic rings. The van der Waals surface area contributed by atoms with Crippen molar-refractivity contribution in [3.8, 4) is 28.6 Å². The number of nitrogens with one attached hydrogen (secondary N) is 1. The summed E-state index contributed by atoms with van der Waals surface area (Å²) in [7, 11) is 0. The number of carbonyl (C=O) groups excluding carboxylic acids is 1. The molecule has 0 radical (unpaired) electrons. The number of amides is 1. The lowest BCUT2D eigenvalue weighted by atomic mass is 10.1. The number of rotatable bonds is 5. The van der Waals surface area contributed by atoms with E-state index in [-0.39, 0.29) is 30.5 Å². The van der Waals surface area contributed by atoms with E-state index in [1.54, 1.807) is 36.4 Å². The van der Waals surface area contributed by atoms with Crippen molar-refractivity contribution < 1.29 is 23.4 Å². The van der Waals surface area contributed by atoms with Crippen LogP contribution in [0.25, 0.3) is 22.3 Å². The SMILES string of the molecule is CC(=O)Nc1ccc2oc(-c3ccc4c(c3)OCO4)c(OCc3ccccc3)c(=O)c2c1. The zero-order valence-corrected chi connectivity index (χ0v) is 17.2. The van der Waals surface area contributed by atoms with E-state index in [2.05, 4.69) is 5.32 Å². The van der Waals surface area contributed by atoms with Crippen LogP contribution in [0.15, 0.2) is 75.9 Å². The lowest BCUT2D eigenvalue weighted by Crippen LogP contribution is -2.11. The minimum Gasteiger partial charge on any atom is -0.481 e. The molecule has 7 heteroatoms. The van der Waals surface area contributed by atoms with Gasteiger partial charge in [-0.05, 0) is 42.0 Å². The van der Waals surface area contributed by atoms with Crippen molar-refractivity contribution in [1.82, 2.24) is 0 Å². The molecule has 0 saturated carbocycles. The van der Waals surface area contributed by atoms with E-state index in [9.17, 15) is 9.59 Å². The molecule has 0 spiro atoms. The molecule has 0 saturated heterocycles. The molecule has 0 fully saturated rings. The van der Waals surface area contributed by atoms with Gasteiger partial charge in [-0.1, -0.05) is 30.3 Å². The summed E-state index contributed by atoms with van der Waals surface area (Å²) in [4.78, 5) is 24.9. The lowest BCUT2D eigenvalue weighted by Gasteiger charge is -2.13. The van der Waals surface area contributed by atoms with Crippen LogP contribution in [0, 0.1) is 0 Å². The Kier molecular flexibility index (Phi) is 4.99. The van der Waals surface area contributed by atoms with Crippen LogP contribution in [0.4, 0.5) is 5.69 Å². The first-order chi connectivity index (χ1) is 15.6. The van der Waals surface area contributed by atoms with Gasteiger partial charge in [0.1, 0.15) is 12.2 Å². The summed E-state index contributed by atoms with van der Waals surface area (Å²) in [5.41, 5.74) is 2.09. The molecule has 0 atom stereocenters. The van der Waals surface area contributed by atoms with Crippen molar-refractivity contribution in [1.29, 1.82) is 0 Å². The van der Waals surface area contributed by atoms with Crippen molar-refractivity contribution in [3.05, 3.63) is 82.5 Å². The summed E-state index contributed by atoms with van der Waals surface area (Å²) < 4.78 is 23.0. The Morgan fingerprint density at radius 1 is 1.00 bits per heavy atom. The summed E-state index contributed by atoms with van der Waals surface area (Å²) in [6.45, 7) is 1.74. The summed E-state index contributed by atoms with van der Waals surface area (Å²) in [6.07, 6.45) is 0. The fourth-order valence-corrected chi connectivity index (χ4v) is 3.55. The highest BCUT2D eigenvalue weighted by Crippen LogP contribution is 2.39. The maximum Gasteiger partial charge on any atom is 0.235 e. The Labute approximate surface area is 183 Å². The molecule has 3 aromatic carbocycles. The van der Waals surface area contributed by atoms with Gasteiger partial charge in [-0.3, -0.25) is 9.59 Å². The number of carbonyl (C=O) groups is 1. The van der Waals surface area contributed by atoms with Crippen LogP contribution in [0.1, 0.15) is 12.5 Å². The molecule has 0 bridgehead atoms. The van der Waals surface area contributed by atoms with Crippen LogP contribution in [-0.2, 0) is 11.4 Å². The van der Waals surface area contributed by atoms with Crippen LogP contribution >= 0.6 is 0 Å². The predicted molar refractivity (Wildman–Crippen MR) is 119 cm³/mol. The zero-order valence-electron chi connectivity index (χ0n) is 17.2. The second kappa shape index (κ2) is 8.11. The van der Waals surface area contributed by atoms with E-state index < -0.39 is 0 Å². The minimum atomic E-state index is -0.331. The Hall–Kier alpha value is -4.26. The van der Waals surface area contributed by atoms with Crippen molar-refractivity contribution in [2.75, 3.05) is 12.1 Å². The summed E-state index contributed by atoms with van der Waals surface area (Å²) in [6, 6.07) is 19.8. The Morgan fingerprint density at radius 3 is 2.62 bits per heavy atom. The first-order valence-electron chi connectivity index (χ1n) is 10.0. The highest BCUT2D eigenvalue weighted by atomic mass is 16.7. The van der Waals surface area contributed by atoms with Gasteiger partial charge >= 0.3 is 0 Å². The topological polar surface area (TPSA) is 87.0 Å². The first-order valence-corrected chi connectivity index (χ1v) is 10.0. The number of fused-ring (bicyclic) bond motifs is 2. The molecule has 7 nitrogen and oxygen atoms in total. The van der Waals surface area contributed by atoms with E-state index >= 15 is 0 Å². The molecule has 1 aliphatic heterocycles. The number of hydrogen-bond acceptors (Lipinski definition) is 6. The fraction of sp³-hybridized carbons (Fsp3) is 0.120. The van der Waals surface area contributed by atoms with Crippen molar-refractivity contribution in [3.63, 3.8) is 0 Å². The number of benzene rings is 3. The third-order valence-corrected chi connectivity index (χ3v) is 5.03. The van der Waals surface area contributed by atoms with Crippen molar-refractivity contribution >= 4 is 22.6 Å². The van der Waals surface area contributed by atoms with Gasteiger partial charge in [0.2, 0.25) is 23.9 Å². The van der Waals surface area contributed by atoms with Crippen LogP contribution in [0.5, 0.6) is 17.2 Å². The molecule has 5 rings (SSSR count). The molecule has 1 amide bonds. The molecular formula is C25H19NO6. The summed E-state index contributed by atoms with van der Waals surface area (Å²) in [5.74, 6) is 1.35. The van der Waals surface area contributed by atoms with Crippen LogP contribution in [-0.4, -0.2) is 12.7 Å². The molecule has 1 aliphatic rings. The monoisotopic (exact) mass is 429 g/mol. The van der Waals surface area contributed by atoms with E-state index in [0.717, 1.165) is 5.56 Å². The second-order valence-corrected chi connectivity index (χ2v) is 7.32. The molecule has 2 heterocycles. The molecule has 160 valence electrons. The standard InChI is InChI=1S/C25H19NO6/c1-15(27)26-18-8-10-20-19(12-18)23(28)25(29-13-16-5-3-2-4-6-16)24(32-20)17-7-9-21-22(11-17)31-14-30-21/h2-12H,13-14H2,1H3,(H,26,27). The van der Waals surface area contributed by atoms with Crippen LogP contribution < -0.4 is 25.0 Å². The Balaban J connectivity index is 1.64. The molecule has 32 heavy (non-hydrogen) atoms. The summed E-state index contributed by atoms with van der Waals surface area (Å²) >= 11 is 0. The van der Waals surface area contributed by atoms with Gasteiger partial charge in [0.25, 0.3) is 0 Å². The van der Waals surface area contributed by atoms with E-state index in [4.69, 9.17) is 18.6 Å². The Morgan fingerprint density at radius 2 is 1.81 bits per heavy atom. The third kappa shape index (κ3) is 3.76. The quantitative estimate of drug-likeness (QED) is 0.494. The maximum atomic E-state index is 13.5. The normalized spacial score (nSPS) is 12.0. The van der Waals surface area contributed by atoms with E-state index in [1.165, 1.54) is 6.92 Å². The maximum absolute atomic E-state index is 13.5. The van der Waals surface area contributed by atoms with Gasteiger partial charge < -0.3 is 23.9 Å². The average molecular weight is 429 g/mol. The average Bonchev–Trinajstić information content (AvgIpc) is 3.27. The van der Waals surface area contributed by atoms with E-state index in [1.807, 2.05) is 30.3 Å². The largest absolute Gasteiger partial charge is 0.481 e. The fourth-order valence-electron chi connectivity index (χ4n) is 3.55. The highest BCUT2D eigenvalue weighted by Gasteiger charge is 2.21. The zero-order chi connectivity index (χ0) is 22.1. The van der Waals surface area contributed by atoms with Gasteiger partial charge in [-0.25, -0.2) is 0 Å². The highest BCUT2D eigenvalue weighted by molar-refractivity contribution is 5.92. The molecule has 0 unspecified atom stereocenters. The van der Waals surface area contributed by atoms with Gasteiger partial charge in [0.15, 0.2) is 17.3 Å². The number of ether oxygens (including phenoxy) is 3. The van der Waals surface area contributed by atoms with Crippen molar-refractivity contribution in [2.24, 2.45) is 0 Å². The molecular weight excluding hydrogens is 410 g/mol. The first kappa shape index (κ1) is 19.7. The van der Waals surface area contributed by atoms with Crippen LogP contribution in [0.3, 0.4) is 0 Å². The van der Waals surface area contributed by atoms with Gasteiger partial charge in [-0.2, -0.15) is 0 Å². The molecule has 1 N–H and O–H groups in total. The smallest absolute Gasteiger partial charge is 0.235 e.